The standard InChI is InChI=1S/C16H12FN3S/c17-13-9-10(6-7-11(13)16(18)21)20-15-5-1-4-14-12(15)3-2-8-19-14/h1-9,20H,(H2,18,21). The zero-order valence-electron chi connectivity index (χ0n) is 11.0. The molecular formula is C16H12FN3S. The lowest BCUT2D eigenvalue weighted by atomic mass is 10.1. The Bertz CT molecular complexity index is 827. The molecule has 0 saturated heterocycles. The summed E-state index contributed by atoms with van der Waals surface area (Å²) < 4.78 is 13.9. The van der Waals surface area contributed by atoms with Gasteiger partial charge in [0.1, 0.15) is 10.8 Å². The van der Waals surface area contributed by atoms with E-state index in [4.69, 9.17) is 18.0 Å². The molecule has 3 rings (SSSR count). The summed E-state index contributed by atoms with van der Waals surface area (Å²) in [6.45, 7) is 0. The van der Waals surface area contributed by atoms with Crippen LogP contribution in [0.3, 0.4) is 0 Å². The van der Waals surface area contributed by atoms with Crippen LogP contribution in [0.5, 0.6) is 0 Å². The lowest BCUT2D eigenvalue weighted by molar-refractivity contribution is 0.626. The normalized spacial score (nSPS) is 10.5. The van der Waals surface area contributed by atoms with E-state index in [2.05, 4.69) is 10.3 Å². The van der Waals surface area contributed by atoms with Crippen molar-refractivity contribution < 1.29 is 4.39 Å². The van der Waals surface area contributed by atoms with Gasteiger partial charge in [0.05, 0.1) is 5.52 Å². The minimum absolute atomic E-state index is 0.0495. The predicted molar refractivity (Wildman–Crippen MR) is 87.3 cm³/mol. The van der Waals surface area contributed by atoms with E-state index in [-0.39, 0.29) is 10.6 Å². The van der Waals surface area contributed by atoms with Crippen LogP contribution in [0.25, 0.3) is 10.9 Å². The number of nitrogens with two attached hydrogens (primary N) is 1. The van der Waals surface area contributed by atoms with Crippen LogP contribution in [-0.4, -0.2) is 9.97 Å². The summed E-state index contributed by atoms with van der Waals surface area (Å²) in [6, 6.07) is 14.3. The summed E-state index contributed by atoms with van der Waals surface area (Å²) in [6.07, 6.45) is 1.74. The van der Waals surface area contributed by atoms with Gasteiger partial charge in [-0.05, 0) is 42.5 Å². The van der Waals surface area contributed by atoms with Crippen molar-refractivity contribution in [3.05, 3.63) is 66.1 Å². The fraction of sp³-hybridized carbons (Fsp3) is 0. The molecule has 0 saturated carbocycles. The number of fused-ring (bicyclic) bond motifs is 1. The number of nitrogens with zero attached hydrogens (tertiary/aromatic N) is 1. The van der Waals surface area contributed by atoms with Gasteiger partial charge in [0.15, 0.2) is 0 Å². The van der Waals surface area contributed by atoms with Crippen molar-refractivity contribution in [1.82, 2.24) is 4.98 Å². The number of nitrogens with one attached hydrogen (secondary N) is 1. The second kappa shape index (κ2) is 5.46. The Balaban J connectivity index is 1.99. The van der Waals surface area contributed by atoms with Crippen LogP contribution in [0, 0.1) is 5.82 Å². The van der Waals surface area contributed by atoms with Crippen molar-refractivity contribution in [2.75, 3.05) is 5.32 Å². The molecule has 1 heterocycles. The van der Waals surface area contributed by atoms with E-state index in [9.17, 15) is 4.39 Å². The first-order chi connectivity index (χ1) is 10.1. The van der Waals surface area contributed by atoms with Gasteiger partial charge in [0.25, 0.3) is 0 Å². The number of rotatable bonds is 3. The molecule has 2 aromatic carbocycles. The van der Waals surface area contributed by atoms with Crippen molar-refractivity contribution in [2.24, 2.45) is 5.73 Å². The fourth-order valence-electron chi connectivity index (χ4n) is 2.16. The number of halogens is 1. The van der Waals surface area contributed by atoms with Gasteiger partial charge in [0.2, 0.25) is 0 Å². The number of anilines is 2. The molecule has 21 heavy (non-hydrogen) atoms. The summed E-state index contributed by atoms with van der Waals surface area (Å²) in [4.78, 5) is 4.34. The van der Waals surface area contributed by atoms with Gasteiger partial charge in [0, 0.05) is 28.5 Å². The zero-order valence-corrected chi connectivity index (χ0v) is 11.8. The number of hydrogen-bond acceptors (Lipinski definition) is 3. The maximum absolute atomic E-state index is 13.9. The maximum atomic E-state index is 13.9. The van der Waals surface area contributed by atoms with Gasteiger partial charge < -0.3 is 11.1 Å². The summed E-state index contributed by atoms with van der Waals surface area (Å²) in [7, 11) is 0. The molecule has 5 heteroatoms. The molecule has 104 valence electrons. The largest absolute Gasteiger partial charge is 0.389 e. The Morgan fingerprint density at radius 2 is 2.00 bits per heavy atom. The number of benzene rings is 2. The minimum Gasteiger partial charge on any atom is -0.389 e. The molecule has 0 aliphatic heterocycles. The van der Waals surface area contributed by atoms with Crippen LogP contribution < -0.4 is 11.1 Å². The van der Waals surface area contributed by atoms with E-state index >= 15 is 0 Å². The van der Waals surface area contributed by atoms with Crippen LogP contribution in [-0.2, 0) is 0 Å². The molecular weight excluding hydrogens is 285 g/mol. The van der Waals surface area contributed by atoms with E-state index in [0.717, 1.165) is 16.6 Å². The molecule has 0 amide bonds. The molecule has 1 aromatic heterocycles. The average Bonchev–Trinajstić information content (AvgIpc) is 2.47. The van der Waals surface area contributed by atoms with Crippen LogP contribution in [0.4, 0.5) is 15.8 Å². The predicted octanol–water partition coefficient (Wildman–Crippen LogP) is 3.75. The van der Waals surface area contributed by atoms with E-state index in [1.54, 1.807) is 18.3 Å². The van der Waals surface area contributed by atoms with Crippen molar-refractivity contribution in [3.63, 3.8) is 0 Å². The second-order valence-corrected chi connectivity index (χ2v) is 5.00. The number of hydrogen-bond donors (Lipinski definition) is 2. The zero-order chi connectivity index (χ0) is 14.8. The van der Waals surface area contributed by atoms with Crippen LogP contribution in [0.1, 0.15) is 5.56 Å². The molecule has 0 aliphatic carbocycles. The summed E-state index contributed by atoms with van der Waals surface area (Å²) in [5, 5.41) is 4.16. The summed E-state index contributed by atoms with van der Waals surface area (Å²) in [5.41, 5.74) is 8.07. The number of pyridine rings is 1. The van der Waals surface area contributed by atoms with Gasteiger partial charge in [-0.25, -0.2) is 4.39 Å². The van der Waals surface area contributed by atoms with Gasteiger partial charge in [-0.3, -0.25) is 4.98 Å². The molecule has 0 atom stereocenters. The van der Waals surface area contributed by atoms with E-state index in [1.165, 1.54) is 6.07 Å². The van der Waals surface area contributed by atoms with Crippen molar-refractivity contribution in [3.8, 4) is 0 Å². The van der Waals surface area contributed by atoms with Gasteiger partial charge in [-0.2, -0.15) is 0 Å². The van der Waals surface area contributed by atoms with Crippen LogP contribution in [0.2, 0.25) is 0 Å². The Kier molecular flexibility index (Phi) is 3.50. The average molecular weight is 297 g/mol. The molecule has 3 aromatic rings. The summed E-state index contributed by atoms with van der Waals surface area (Å²) >= 11 is 4.79. The fourth-order valence-corrected chi connectivity index (χ4v) is 2.33. The van der Waals surface area contributed by atoms with Crippen molar-refractivity contribution in [2.45, 2.75) is 0 Å². The Labute approximate surface area is 126 Å². The molecule has 0 aliphatic rings. The van der Waals surface area contributed by atoms with Crippen molar-refractivity contribution >= 4 is 39.5 Å². The van der Waals surface area contributed by atoms with Crippen LogP contribution in [0.15, 0.2) is 54.7 Å². The molecule has 0 bridgehead atoms. The highest BCUT2D eigenvalue weighted by Crippen LogP contribution is 2.26. The molecule has 0 unspecified atom stereocenters. The third-order valence-electron chi connectivity index (χ3n) is 3.16. The molecule has 0 fully saturated rings. The topological polar surface area (TPSA) is 50.9 Å². The second-order valence-electron chi connectivity index (χ2n) is 4.56. The molecule has 0 radical (unpaired) electrons. The third kappa shape index (κ3) is 2.68. The summed E-state index contributed by atoms with van der Waals surface area (Å²) in [5.74, 6) is -0.439. The van der Waals surface area contributed by atoms with E-state index in [0.29, 0.717) is 5.69 Å². The highest BCUT2D eigenvalue weighted by molar-refractivity contribution is 7.80. The molecule has 3 N–H and O–H groups in total. The minimum atomic E-state index is -0.439. The molecule has 3 nitrogen and oxygen atoms in total. The Morgan fingerprint density at radius 3 is 2.76 bits per heavy atom. The van der Waals surface area contributed by atoms with Gasteiger partial charge in [-0.1, -0.05) is 18.3 Å². The highest BCUT2D eigenvalue weighted by Gasteiger charge is 2.07. The molecule has 0 spiro atoms. The van der Waals surface area contributed by atoms with Crippen LogP contribution >= 0.6 is 12.2 Å². The number of thiocarbonyl (C=S) groups is 1. The van der Waals surface area contributed by atoms with E-state index in [1.807, 2.05) is 30.3 Å². The SMILES string of the molecule is NC(=S)c1ccc(Nc2cccc3ncccc23)cc1F. The van der Waals surface area contributed by atoms with Gasteiger partial charge in [-0.15, -0.1) is 0 Å². The first-order valence-corrected chi connectivity index (χ1v) is 6.76. The van der Waals surface area contributed by atoms with E-state index < -0.39 is 5.82 Å². The van der Waals surface area contributed by atoms with Gasteiger partial charge >= 0.3 is 0 Å². The quantitative estimate of drug-likeness (QED) is 0.723. The Hall–Kier alpha value is -2.53. The lowest BCUT2D eigenvalue weighted by Gasteiger charge is -2.10. The monoisotopic (exact) mass is 297 g/mol. The third-order valence-corrected chi connectivity index (χ3v) is 3.38. The lowest BCUT2D eigenvalue weighted by Crippen LogP contribution is -2.11. The van der Waals surface area contributed by atoms with Crippen molar-refractivity contribution in [1.29, 1.82) is 0 Å². The highest BCUT2D eigenvalue weighted by atomic mass is 32.1. The first kappa shape index (κ1) is 13.5. The number of aromatic nitrogens is 1. The first-order valence-electron chi connectivity index (χ1n) is 6.35. The smallest absolute Gasteiger partial charge is 0.135 e. The maximum Gasteiger partial charge on any atom is 0.135 e. The Morgan fingerprint density at radius 1 is 1.14 bits per heavy atom.